The molecule has 0 aromatic heterocycles. The van der Waals surface area contributed by atoms with Crippen LogP contribution in [0.15, 0.2) is 60.7 Å². The molecule has 11 heteroatoms. The quantitative estimate of drug-likeness (QED) is 0.0358. The number of rotatable bonds is 40. The zero-order valence-electron chi connectivity index (χ0n) is 41.1. The van der Waals surface area contributed by atoms with E-state index in [9.17, 15) is 29.4 Å². The van der Waals surface area contributed by atoms with Gasteiger partial charge in [0.15, 0.2) is 0 Å². The Hall–Kier alpha value is -2.19. The zero-order valence-corrected chi connectivity index (χ0v) is 45.5. The largest absolute Gasteiger partial charge is 2.00 e. The van der Waals surface area contributed by atoms with Crippen molar-refractivity contribution in [3.63, 3.8) is 0 Å². The smallest absolute Gasteiger partial charge is 0.550 e. The summed E-state index contributed by atoms with van der Waals surface area (Å²) in [5, 5.41) is 21.0. The van der Waals surface area contributed by atoms with Crippen LogP contribution >= 0.6 is 0 Å². The van der Waals surface area contributed by atoms with Crippen LogP contribution in [-0.2, 0) is 51.3 Å². The van der Waals surface area contributed by atoms with E-state index in [4.69, 9.17) is 18.9 Å². The third kappa shape index (κ3) is 40.6. The predicted octanol–water partition coefficient (Wildman–Crippen LogP) is 11.1. The molecule has 4 atom stereocenters. The third-order valence-corrected chi connectivity index (χ3v) is 11.7. The van der Waals surface area contributed by atoms with Gasteiger partial charge < -0.3 is 38.7 Å². The molecule has 0 fully saturated rings. The summed E-state index contributed by atoms with van der Waals surface area (Å²) >= 11 is 0. The average Bonchev–Trinajstić information content (AvgIpc) is 3.27. The van der Waals surface area contributed by atoms with Crippen LogP contribution in [0.4, 0.5) is 0 Å². The van der Waals surface area contributed by atoms with Gasteiger partial charge in [0.2, 0.25) is 0 Å². The number of carbonyl (C=O) groups is 4. The molecule has 0 aliphatic carbocycles. The van der Waals surface area contributed by atoms with Crippen LogP contribution < -0.4 is 10.2 Å². The minimum Gasteiger partial charge on any atom is -0.550 e. The van der Waals surface area contributed by atoms with Crippen molar-refractivity contribution in [2.24, 2.45) is 0 Å². The minimum atomic E-state index is -0.948. The van der Waals surface area contributed by atoms with Crippen LogP contribution in [0.1, 0.15) is 219 Å². The first-order chi connectivity index (χ1) is 31.0. The van der Waals surface area contributed by atoms with Gasteiger partial charge in [0.25, 0.3) is 0 Å². The molecule has 0 N–H and O–H groups in total. The van der Waals surface area contributed by atoms with Crippen molar-refractivity contribution in [2.45, 2.75) is 245 Å². The van der Waals surface area contributed by atoms with Crippen molar-refractivity contribution in [3.8, 4) is 0 Å². The fourth-order valence-electron chi connectivity index (χ4n) is 7.90. The van der Waals surface area contributed by atoms with Crippen molar-refractivity contribution in [1.82, 2.24) is 0 Å². The zero-order chi connectivity index (χ0) is 46.9. The number of hydrogen-bond donors (Lipinski definition) is 0. The van der Waals surface area contributed by atoms with Crippen molar-refractivity contribution in [2.75, 3.05) is 0 Å². The number of carbonyl (C=O) groups excluding carboxylic acids is 4. The Morgan fingerprint density at radius 3 is 0.938 bits per heavy atom. The molecular formula is C54H86BaO10. The second kappa shape index (κ2) is 44.3. The van der Waals surface area contributed by atoms with E-state index in [1.807, 2.05) is 36.4 Å². The van der Waals surface area contributed by atoms with Crippen LogP contribution in [0.25, 0.3) is 0 Å². The molecule has 0 radical (unpaired) electrons. The second-order valence-electron chi connectivity index (χ2n) is 17.5. The van der Waals surface area contributed by atoms with E-state index in [1.54, 1.807) is 0 Å². The van der Waals surface area contributed by atoms with E-state index in [0.29, 0.717) is 26.1 Å². The molecule has 2 rings (SSSR count). The first kappa shape index (κ1) is 62.8. The van der Waals surface area contributed by atoms with E-state index in [2.05, 4.69) is 38.1 Å². The van der Waals surface area contributed by atoms with Crippen LogP contribution in [-0.4, -0.2) is 97.2 Å². The Kier molecular flexibility index (Phi) is 42.8. The normalized spacial score (nSPS) is 12.7. The molecule has 0 bridgehead atoms. The number of esters is 2. The Morgan fingerprint density at radius 2 is 0.677 bits per heavy atom. The molecule has 2 aromatic rings. The summed E-state index contributed by atoms with van der Waals surface area (Å²) in [6.45, 7) is 8.38. The Morgan fingerprint density at radius 1 is 0.415 bits per heavy atom. The summed E-state index contributed by atoms with van der Waals surface area (Å²) in [5.41, 5.74) is 2.41. The standard InChI is InChI=1S/2C27H44O5.Ba/c2*1-3-25(32-23(2)28)18-12-7-8-14-20-26(31-22-24-16-10-9-11-17-24)19-13-5-4-6-15-21-27(29)30;/h2*9-11,16-17,25-26H,3-8,12-15,18-22H2,1-2H3,(H,29,30);/q;;+2/p-2. The Balaban J connectivity index is 0.00000124. The van der Waals surface area contributed by atoms with E-state index < -0.39 is 11.9 Å². The first-order valence-electron chi connectivity index (χ1n) is 25.1. The van der Waals surface area contributed by atoms with Gasteiger partial charge in [0, 0.05) is 25.8 Å². The average molecular weight is 1030 g/mol. The van der Waals surface area contributed by atoms with E-state index in [-0.39, 0.29) is 98.1 Å². The van der Waals surface area contributed by atoms with Gasteiger partial charge in [-0.05, 0) is 101 Å². The molecule has 0 aliphatic heterocycles. The van der Waals surface area contributed by atoms with Gasteiger partial charge in [0.1, 0.15) is 12.2 Å². The molecule has 0 saturated heterocycles. The van der Waals surface area contributed by atoms with Crippen molar-refractivity contribution < 1.29 is 48.3 Å². The van der Waals surface area contributed by atoms with Crippen LogP contribution in [0.2, 0.25) is 0 Å². The van der Waals surface area contributed by atoms with E-state index in [1.165, 1.54) is 37.8 Å². The van der Waals surface area contributed by atoms with Gasteiger partial charge >= 0.3 is 60.8 Å². The summed E-state index contributed by atoms with van der Waals surface area (Å²) in [7, 11) is 0. The maximum atomic E-state index is 11.1. The third-order valence-electron chi connectivity index (χ3n) is 11.7. The summed E-state index contributed by atoms with van der Waals surface area (Å²) in [6, 6.07) is 20.6. The maximum absolute atomic E-state index is 11.1. The Labute approximate surface area is 434 Å². The molecule has 0 amide bonds. The molecule has 0 saturated carbocycles. The topological polar surface area (TPSA) is 151 Å². The van der Waals surface area contributed by atoms with Gasteiger partial charge in [-0.15, -0.1) is 0 Å². The molecule has 65 heavy (non-hydrogen) atoms. The monoisotopic (exact) mass is 1030 g/mol. The van der Waals surface area contributed by atoms with E-state index in [0.717, 1.165) is 141 Å². The van der Waals surface area contributed by atoms with Gasteiger partial charge in [-0.1, -0.05) is 164 Å². The maximum Gasteiger partial charge on any atom is 2.00 e. The number of benzene rings is 2. The summed E-state index contributed by atoms with van der Waals surface area (Å²) < 4.78 is 23.1. The number of hydrogen-bond acceptors (Lipinski definition) is 10. The molecule has 364 valence electrons. The summed E-state index contributed by atoms with van der Waals surface area (Å²) in [4.78, 5) is 43.2. The van der Waals surface area contributed by atoms with Crippen LogP contribution in [0.5, 0.6) is 0 Å². The fraction of sp³-hybridized carbons (Fsp3) is 0.704. The van der Waals surface area contributed by atoms with Crippen molar-refractivity contribution in [1.29, 1.82) is 0 Å². The molecule has 0 spiro atoms. The van der Waals surface area contributed by atoms with Crippen molar-refractivity contribution >= 4 is 72.8 Å². The predicted molar refractivity (Wildman–Crippen MR) is 258 cm³/mol. The molecule has 0 heterocycles. The van der Waals surface area contributed by atoms with Gasteiger partial charge in [0.05, 0.1) is 25.4 Å². The fourth-order valence-corrected chi connectivity index (χ4v) is 7.90. The van der Waals surface area contributed by atoms with Crippen molar-refractivity contribution in [3.05, 3.63) is 71.8 Å². The molecule has 4 unspecified atom stereocenters. The van der Waals surface area contributed by atoms with Crippen LogP contribution in [0, 0.1) is 0 Å². The first-order valence-corrected chi connectivity index (χ1v) is 25.1. The summed E-state index contributed by atoms with van der Waals surface area (Å²) in [6.07, 6.45) is 27.9. The molecular weight excluding hydrogens is 946 g/mol. The van der Waals surface area contributed by atoms with Gasteiger partial charge in [-0.25, -0.2) is 0 Å². The minimum absolute atomic E-state index is 0. The number of carboxylic acids is 2. The number of unbranched alkanes of at least 4 members (excludes halogenated alkanes) is 14. The molecule has 0 aliphatic rings. The SMILES string of the molecule is CCC(CCCCCCC(CCCCCCCC(=O)[O-])OCc1ccccc1)OC(C)=O.CCC(CCCCCCC(CCCCCCCC(=O)[O-])OCc1ccccc1)OC(C)=O.[Ba+2]. The van der Waals surface area contributed by atoms with Crippen LogP contribution in [0.3, 0.4) is 0 Å². The number of ether oxygens (including phenoxy) is 4. The van der Waals surface area contributed by atoms with E-state index >= 15 is 0 Å². The van der Waals surface area contributed by atoms with Gasteiger partial charge in [-0.3, -0.25) is 9.59 Å². The summed E-state index contributed by atoms with van der Waals surface area (Å²) in [5.74, 6) is -2.27. The molecule has 2 aromatic carbocycles. The Bertz CT molecular complexity index is 1320. The molecule has 10 nitrogen and oxygen atoms in total. The number of carboxylic acid groups (broad SMARTS) is 2. The number of aliphatic carboxylic acids is 2. The second-order valence-corrected chi connectivity index (χ2v) is 17.5. The van der Waals surface area contributed by atoms with Gasteiger partial charge in [-0.2, -0.15) is 0 Å².